The van der Waals surface area contributed by atoms with Gasteiger partial charge in [0.2, 0.25) is 0 Å². The van der Waals surface area contributed by atoms with Crippen molar-refractivity contribution in [2.75, 3.05) is 43.4 Å². The molecule has 3 rings (SSSR count). The third kappa shape index (κ3) is 4.00. The molecule has 1 N–H and O–H groups in total. The molecule has 1 saturated heterocycles. The topological polar surface area (TPSA) is 44.3 Å². The number of likely N-dealkylation sites (N-methyl/N-ethyl adjacent to an activating group) is 1. The van der Waals surface area contributed by atoms with Crippen molar-refractivity contribution in [3.63, 3.8) is 0 Å². The highest BCUT2D eigenvalue weighted by Crippen LogP contribution is 2.27. The van der Waals surface area contributed by atoms with Crippen LogP contribution in [-0.4, -0.2) is 48.1 Å². The van der Waals surface area contributed by atoms with Gasteiger partial charge in [-0.1, -0.05) is 6.07 Å². The highest BCUT2D eigenvalue weighted by Gasteiger charge is 2.16. The van der Waals surface area contributed by atoms with E-state index in [9.17, 15) is 0 Å². The molecule has 6 heteroatoms. The summed E-state index contributed by atoms with van der Waals surface area (Å²) in [6, 6.07) is 8.28. The molecular weight excluding hydrogens is 354 g/mol. The van der Waals surface area contributed by atoms with Crippen LogP contribution in [0.4, 0.5) is 17.3 Å². The molecule has 2 aromatic rings. The summed E-state index contributed by atoms with van der Waals surface area (Å²) in [5.74, 6) is 2.61. The molecule has 0 amide bonds. The minimum absolute atomic E-state index is 0.784. The van der Waals surface area contributed by atoms with E-state index >= 15 is 0 Å². The maximum atomic E-state index is 4.61. The third-order valence-electron chi connectivity index (χ3n) is 4.04. The van der Waals surface area contributed by atoms with Crippen LogP contribution < -0.4 is 10.2 Å². The predicted molar refractivity (Wildman–Crippen MR) is 98.6 cm³/mol. The summed E-state index contributed by atoms with van der Waals surface area (Å²) in [5.41, 5.74) is 2.23. The van der Waals surface area contributed by atoms with Gasteiger partial charge in [0.1, 0.15) is 17.5 Å². The molecule has 1 aliphatic rings. The second kappa shape index (κ2) is 6.84. The Morgan fingerprint density at radius 1 is 1.04 bits per heavy atom. The maximum absolute atomic E-state index is 4.61. The fraction of sp³-hybridized carbons (Fsp3) is 0.412. The molecule has 1 aromatic heterocycles. The summed E-state index contributed by atoms with van der Waals surface area (Å²) >= 11 is 3.60. The van der Waals surface area contributed by atoms with Gasteiger partial charge in [0.05, 0.1) is 5.69 Å². The molecule has 0 atom stereocenters. The number of hydrogen-bond acceptors (Lipinski definition) is 5. The second-order valence-corrected chi connectivity index (χ2v) is 6.91. The molecular formula is C17H22BrN5. The average molecular weight is 376 g/mol. The van der Waals surface area contributed by atoms with Crippen molar-refractivity contribution < 1.29 is 0 Å². The van der Waals surface area contributed by atoms with Gasteiger partial charge < -0.3 is 15.1 Å². The van der Waals surface area contributed by atoms with Crippen molar-refractivity contribution in [1.29, 1.82) is 0 Å². The van der Waals surface area contributed by atoms with Crippen LogP contribution >= 0.6 is 15.9 Å². The lowest BCUT2D eigenvalue weighted by Crippen LogP contribution is -2.44. The van der Waals surface area contributed by atoms with Crippen molar-refractivity contribution in [3.8, 4) is 0 Å². The number of benzene rings is 1. The minimum Gasteiger partial charge on any atom is -0.354 e. The second-order valence-electron chi connectivity index (χ2n) is 6.06. The molecule has 5 nitrogen and oxygen atoms in total. The van der Waals surface area contributed by atoms with E-state index in [1.54, 1.807) is 0 Å². The number of aryl methyl sites for hydroxylation is 2. The molecule has 1 fully saturated rings. The molecule has 122 valence electrons. The molecule has 0 unspecified atom stereocenters. The number of hydrogen-bond donors (Lipinski definition) is 1. The first-order valence-electron chi connectivity index (χ1n) is 7.83. The largest absolute Gasteiger partial charge is 0.354 e. The minimum atomic E-state index is 0.784. The fourth-order valence-corrected chi connectivity index (χ4v) is 3.27. The van der Waals surface area contributed by atoms with Gasteiger partial charge >= 0.3 is 0 Å². The Balaban J connectivity index is 1.82. The van der Waals surface area contributed by atoms with E-state index in [0.717, 1.165) is 53.8 Å². The molecule has 0 bridgehead atoms. The van der Waals surface area contributed by atoms with E-state index in [1.807, 2.05) is 13.0 Å². The Kier molecular flexibility index (Phi) is 4.82. The first-order valence-corrected chi connectivity index (χ1v) is 8.63. The SMILES string of the molecule is Cc1ccc(Nc2cc(N3CCN(C)CC3)nc(C)n2)c(Br)c1. The number of aromatic nitrogens is 2. The van der Waals surface area contributed by atoms with Gasteiger partial charge in [-0.2, -0.15) is 0 Å². The molecule has 0 spiro atoms. The van der Waals surface area contributed by atoms with Crippen LogP contribution in [0.25, 0.3) is 0 Å². The number of halogens is 1. The summed E-state index contributed by atoms with van der Waals surface area (Å²) in [4.78, 5) is 13.8. The summed E-state index contributed by atoms with van der Waals surface area (Å²) in [6.07, 6.45) is 0. The van der Waals surface area contributed by atoms with Gasteiger partial charge in [0.25, 0.3) is 0 Å². The Hall–Kier alpha value is -1.66. The molecule has 23 heavy (non-hydrogen) atoms. The van der Waals surface area contributed by atoms with Gasteiger partial charge in [-0.25, -0.2) is 9.97 Å². The lowest BCUT2D eigenvalue weighted by atomic mass is 10.2. The number of rotatable bonds is 3. The molecule has 0 radical (unpaired) electrons. The van der Waals surface area contributed by atoms with E-state index in [4.69, 9.17) is 0 Å². The normalized spacial score (nSPS) is 15.7. The maximum Gasteiger partial charge on any atom is 0.136 e. The van der Waals surface area contributed by atoms with Crippen molar-refractivity contribution in [1.82, 2.24) is 14.9 Å². The highest BCUT2D eigenvalue weighted by molar-refractivity contribution is 9.10. The first kappa shape index (κ1) is 16.2. The van der Waals surface area contributed by atoms with E-state index in [2.05, 4.69) is 73.2 Å². The summed E-state index contributed by atoms with van der Waals surface area (Å²) in [7, 11) is 2.16. The molecule has 1 aliphatic heterocycles. The summed E-state index contributed by atoms with van der Waals surface area (Å²) in [6.45, 7) is 8.15. The molecule has 2 heterocycles. The van der Waals surface area contributed by atoms with E-state index in [0.29, 0.717) is 0 Å². The lowest BCUT2D eigenvalue weighted by molar-refractivity contribution is 0.312. The molecule has 0 aliphatic carbocycles. The zero-order valence-corrected chi connectivity index (χ0v) is 15.4. The van der Waals surface area contributed by atoms with Crippen LogP contribution in [0.15, 0.2) is 28.7 Å². The third-order valence-corrected chi connectivity index (χ3v) is 4.70. The first-order chi connectivity index (χ1) is 11.0. The van der Waals surface area contributed by atoms with Gasteiger partial charge in [-0.15, -0.1) is 0 Å². The van der Waals surface area contributed by atoms with Gasteiger partial charge in [-0.05, 0) is 54.5 Å². The van der Waals surface area contributed by atoms with Crippen molar-refractivity contribution >= 4 is 33.3 Å². The number of nitrogens with zero attached hydrogens (tertiary/aromatic N) is 4. The van der Waals surface area contributed by atoms with Crippen molar-refractivity contribution in [2.45, 2.75) is 13.8 Å². The number of anilines is 3. The fourth-order valence-electron chi connectivity index (χ4n) is 2.67. The van der Waals surface area contributed by atoms with E-state index in [-0.39, 0.29) is 0 Å². The van der Waals surface area contributed by atoms with Gasteiger partial charge in [-0.3, -0.25) is 0 Å². The van der Waals surface area contributed by atoms with Crippen molar-refractivity contribution in [3.05, 3.63) is 40.1 Å². The van der Waals surface area contributed by atoms with Crippen LogP contribution in [-0.2, 0) is 0 Å². The Morgan fingerprint density at radius 3 is 2.48 bits per heavy atom. The molecule has 0 saturated carbocycles. The zero-order chi connectivity index (χ0) is 16.4. The summed E-state index contributed by atoms with van der Waals surface area (Å²) < 4.78 is 1.04. The smallest absolute Gasteiger partial charge is 0.136 e. The summed E-state index contributed by atoms with van der Waals surface area (Å²) in [5, 5.41) is 3.39. The van der Waals surface area contributed by atoms with E-state index in [1.165, 1.54) is 5.56 Å². The predicted octanol–water partition coefficient (Wildman–Crippen LogP) is 3.35. The van der Waals surface area contributed by atoms with Gasteiger partial charge in [0, 0.05) is 36.7 Å². The average Bonchev–Trinajstić information content (AvgIpc) is 2.50. The quantitative estimate of drug-likeness (QED) is 0.890. The Morgan fingerprint density at radius 2 is 1.78 bits per heavy atom. The number of nitrogens with one attached hydrogen (secondary N) is 1. The van der Waals surface area contributed by atoms with Crippen LogP contribution in [0.1, 0.15) is 11.4 Å². The zero-order valence-electron chi connectivity index (χ0n) is 13.8. The molecule has 1 aromatic carbocycles. The highest BCUT2D eigenvalue weighted by atomic mass is 79.9. The van der Waals surface area contributed by atoms with Crippen LogP contribution in [0.2, 0.25) is 0 Å². The Bertz CT molecular complexity index is 695. The van der Waals surface area contributed by atoms with Crippen LogP contribution in [0.5, 0.6) is 0 Å². The van der Waals surface area contributed by atoms with Gasteiger partial charge in [0.15, 0.2) is 0 Å². The Labute approximate surface area is 145 Å². The van der Waals surface area contributed by atoms with Crippen LogP contribution in [0.3, 0.4) is 0 Å². The standard InChI is InChI=1S/C17H22BrN5/c1-12-4-5-15(14(18)10-12)21-16-11-17(20-13(2)19-16)23-8-6-22(3)7-9-23/h4-5,10-11H,6-9H2,1-3H3,(H,19,20,21). The lowest BCUT2D eigenvalue weighted by Gasteiger charge is -2.33. The van der Waals surface area contributed by atoms with Crippen molar-refractivity contribution in [2.24, 2.45) is 0 Å². The number of piperazine rings is 1. The monoisotopic (exact) mass is 375 g/mol. The van der Waals surface area contributed by atoms with Crippen LogP contribution in [0, 0.1) is 13.8 Å². The van der Waals surface area contributed by atoms with E-state index < -0.39 is 0 Å².